The summed E-state index contributed by atoms with van der Waals surface area (Å²) in [7, 11) is 1.48. The van der Waals surface area contributed by atoms with Crippen molar-refractivity contribution in [2.75, 3.05) is 25.5 Å². The van der Waals surface area contributed by atoms with Gasteiger partial charge in [-0.3, -0.25) is 5.43 Å². The monoisotopic (exact) mass is 293 g/mol. The van der Waals surface area contributed by atoms with Gasteiger partial charge in [0.1, 0.15) is 5.75 Å². The molecule has 1 aliphatic rings. The van der Waals surface area contributed by atoms with Crippen LogP contribution in [0.2, 0.25) is 0 Å². The first-order valence-electron chi connectivity index (χ1n) is 6.84. The Bertz CT molecular complexity index is 527. The van der Waals surface area contributed by atoms with Crippen LogP contribution >= 0.6 is 0 Å². The molecule has 21 heavy (non-hydrogen) atoms. The Balaban J connectivity index is 2.06. The average molecular weight is 293 g/mol. The molecule has 1 aromatic rings. The maximum Gasteiger partial charge on any atom is 0.337 e. The average Bonchev–Trinajstić information content (AvgIpc) is 2.47. The second kappa shape index (κ2) is 6.94. The van der Waals surface area contributed by atoms with E-state index in [1.54, 1.807) is 0 Å². The molecule has 1 aromatic carbocycles. The van der Waals surface area contributed by atoms with E-state index in [1.165, 1.54) is 31.7 Å². The molecule has 1 heterocycles. The van der Waals surface area contributed by atoms with Crippen LogP contribution in [0, 0.1) is 0 Å². The Morgan fingerprint density at radius 1 is 1.24 bits per heavy atom. The van der Waals surface area contributed by atoms with Gasteiger partial charge in [0.15, 0.2) is 0 Å². The summed E-state index contributed by atoms with van der Waals surface area (Å²) < 4.78 is 5.05. The Morgan fingerprint density at radius 2 is 1.95 bits per heavy atom. The fourth-order valence-corrected chi connectivity index (χ4v) is 2.24. The van der Waals surface area contributed by atoms with Crippen LogP contribution in [0.25, 0.3) is 0 Å². The van der Waals surface area contributed by atoms with Gasteiger partial charge in [-0.25, -0.2) is 14.6 Å². The highest BCUT2D eigenvalue weighted by Crippen LogP contribution is 2.22. The number of carboxylic acid groups (broad SMARTS) is 1. The van der Waals surface area contributed by atoms with Crippen molar-refractivity contribution in [1.29, 1.82) is 0 Å². The van der Waals surface area contributed by atoms with E-state index in [4.69, 9.17) is 9.84 Å². The number of hydrogen-bond acceptors (Lipinski definition) is 4. The molecule has 7 heteroatoms. The SMILES string of the molecule is COc1ccc(C(=O)O)c(NC(=O)NN2CCCCC2)c1. The van der Waals surface area contributed by atoms with Crippen LogP contribution in [0.4, 0.5) is 10.5 Å². The summed E-state index contributed by atoms with van der Waals surface area (Å²) in [5.74, 6) is -0.626. The van der Waals surface area contributed by atoms with Crippen LogP contribution < -0.4 is 15.5 Å². The van der Waals surface area contributed by atoms with E-state index in [2.05, 4.69) is 10.7 Å². The molecule has 7 nitrogen and oxygen atoms in total. The number of hydrogen-bond donors (Lipinski definition) is 3. The number of urea groups is 1. The van der Waals surface area contributed by atoms with Gasteiger partial charge in [-0.15, -0.1) is 0 Å². The molecule has 1 fully saturated rings. The van der Waals surface area contributed by atoms with Gasteiger partial charge in [-0.1, -0.05) is 6.42 Å². The zero-order valence-corrected chi connectivity index (χ0v) is 11.9. The quantitative estimate of drug-likeness (QED) is 0.789. The summed E-state index contributed by atoms with van der Waals surface area (Å²) in [4.78, 5) is 23.1. The first-order valence-corrected chi connectivity index (χ1v) is 6.84. The van der Waals surface area contributed by atoms with Crippen molar-refractivity contribution in [3.63, 3.8) is 0 Å². The van der Waals surface area contributed by atoms with Gasteiger partial charge in [-0.2, -0.15) is 0 Å². The number of piperidine rings is 1. The summed E-state index contributed by atoms with van der Waals surface area (Å²) in [6.07, 6.45) is 3.25. The lowest BCUT2D eigenvalue weighted by atomic mass is 10.1. The molecule has 114 valence electrons. The fraction of sp³-hybridized carbons (Fsp3) is 0.429. The number of benzene rings is 1. The number of nitrogens with zero attached hydrogens (tertiary/aromatic N) is 1. The van der Waals surface area contributed by atoms with E-state index in [0.717, 1.165) is 25.9 Å². The number of nitrogens with one attached hydrogen (secondary N) is 2. The van der Waals surface area contributed by atoms with Crippen molar-refractivity contribution in [2.45, 2.75) is 19.3 Å². The van der Waals surface area contributed by atoms with Gasteiger partial charge in [0.2, 0.25) is 0 Å². The minimum Gasteiger partial charge on any atom is -0.497 e. The van der Waals surface area contributed by atoms with Crippen molar-refractivity contribution >= 4 is 17.7 Å². The standard InChI is InChI=1S/C14H19N3O4/c1-21-10-5-6-11(13(18)19)12(9-10)15-14(20)16-17-7-3-2-4-8-17/h5-6,9H,2-4,7-8H2,1H3,(H,18,19)(H2,15,16,20). The molecule has 1 saturated heterocycles. The summed E-state index contributed by atoms with van der Waals surface area (Å²) in [6, 6.07) is 3.97. The second-order valence-electron chi connectivity index (χ2n) is 4.83. The van der Waals surface area contributed by atoms with Crippen LogP contribution in [0.3, 0.4) is 0 Å². The van der Waals surface area contributed by atoms with Crippen molar-refractivity contribution in [2.24, 2.45) is 0 Å². The molecule has 0 radical (unpaired) electrons. The smallest absolute Gasteiger partial charge is 0.337 e. The van der Waals surface area contributed by atoms with E-state index < -0.39 is 12.0 Å². The first-order chi connectivity index (χ1) is 10.1. The molecule has 3 N–H and O–H groups in total. The summed E-state index contributed by atoms with van der Waals surface area (Å²) in [6.45, 7) is 1.61. The molecule has 2 amide bonds. The molecule has 0 atom stereocenters. The maximum atomic E-state index is 12.0. The maximum absolute atomic E-state index is 12.0. The molecule has 0 aromatic heterocycles. The lowest BCUT2D eigenvalue weighted by molar-refractivity contribution is 0.0698. The minimum atomic E-state index is -1.11. The summed E-state index contributed by atoms with van der Waals surface area (Å²) >= 11 is 0. The van der Waals surface area contributed by atoms with Crippen LogP contribution in [-0.4, -0.2) is 42.3 Å². The number of carboxylic acids is 1. The van der Waals surface area contributed by atoms with Crippen molar-refractivity contribution in [3.05, 3.63) is 23.8 Å². The van der Waals surface area contributed by atoms with Crippen LogP contribution in [0.15, 0.2) is 18.2 Å². The van der Waals surface area contributed by atoms with Crippen LogP contribution in [0.1, 0.15) is 29.6 Å². The van der Waals surface area contributed by atoms with Crippen molar-refractivity contribution in [3.8, 4) is 5.75 Å². The zero-order chi connectivity index (χ0) is 15.2. The molecule has 1 aliphatic heterocycles. The molecule has 0 spiro atoms. The highest BCUT2D eigenvalue weighted by Gasteiger charge is 2.16. The van der Waals surface area contributed by atoms with E-state index in [0.29, 0.717) is 5.75 Å². The number of hydrazine groups is 1. The molecule has 2 rings (SSSR count). The summed E-state index contributed by atoms with van der Waals surface area (Å²) in [5, 5.41) is 13.5. The number of aromatic carboxylic acids is 1. The Morgan fingerprint density at radius 3 is 2.57 bits per heavy atom. The van der Waals surface area contributed by atoms with Gasteiger partial charge in [0, 0.05) is 19.2 Å². The molecule has 0 unspecified atom stereocenters. The predicted molar refractivity (Wildman–Crippen MR) is 77.5 cm³/mol. The Labute approximate surface area is 122 Å². The number of carbonyl (C=O) groups excluding carboxylic acids is 1. The first kappa shape index (κ1) is 15.1. The third-order valence-electron chi connectivity index (χ3n) is 3.32. The topological polar surface area (TPSA) is 90.9 Å². The molecule has 0 aliphatic carbocycles. The fourth-order valence-electron chi connectivity index (χ4n) is 2.24. The number of rotatable bonds is 4. The van der Waals surface area contributed by atoms with E-state index in [9.17, 15) is 9.59 Å². The lowest BCUT2D eigenvalue weighted by Crippen LogP contribution is -2.46. The van der Waals surface area contributed by atoms with Crippen LogP contribution in [0.5, 0.6) is 5.75 Å². The van der Waals surface area contributed by atoms with E-state index in [1.807, 2.05) is 5.01 Å². The number of ether oxygens (including phenoxy) is 1. The minimum absolute atomic E-state index is 0.0181. The largest absolute Gasteiger partial charge is 0.497 e. The predicted octanol–water partition coefficient (Wildman–Crippen LogP) is 1.92. The number of carbonyl (C=O) groups is 2. The van der Waals surface area contributed by atoms with Gasteiger partial charge < -0.3 is 15.2 Å². The summed E-state index contributed by atoms with van der Waals surface area (Å²) in [5.41, 5.74) is 2.94. The van der Waals surface area contributed by atoms with Gasteiger partial charge in [-0.05, 0) is 25.0 Å². The number of anilines is 1. The Kier molecular flexibility index (Phi) is 4.99. The normalized spacial score (nSPS) is 15.3. The zero-order valence-electron chi connectivity index (χ0n) is 11.9. The third kappa shape index (κ3) is 4.09. The molecule has 0 bridgehead atoms. The van der Waals surface area contributed by atoms with Gasteiger partial charge in [0.25, 0.3) is 0 Å². The van der Waals surface area contributed by atoms with Crippen LogP contribution in [-0.2, 0) is 0 Å². The van der Waals surface area contributed by atoms with Crippen molar-refractivity contribution in [1.82, 2.24) is 10.4 Å². The number of methoxy groups -OCH3 is 1. The van der Waals surface area contributed by atoms with E-state index >= 15 is 0 Å². The lowest BCUT2D eigenvalue weighted by Gasteiger charge is -2.26. The molecular weight excluding hydrogens is 274 g/mol. The highest BCUT2D eigenvalue weighted by atomic mass is 16.5. The number of amides is 2. The third-order valence-corrected chi connectivity index (χ3v) is 3.32. The van der Waals surface area contributed by atoms with E-state index in [-0.39, 0.29) is 11.3 Å². The molecule has 0 saturated carbocycles. The Hall–Kier alpha value is -2.28. The van der Waals surface area contributed by atoms with Gasteiger partial charge >= 0.3 is 12.0 Å². The highest BCUT2D eigenvalue weighted by molar-refractivity contribution is 6.00. The molecular formula is C14H19N3O4. The van der Waals surface area contributed by atoms with Crippen molar-refractivity contribution < 1.29 is 19.4 Å². The van der Waals surface area contributed by atoms with Gasteiger partial charge in [0.05, 0.1) is 18.4 Å². The second-order valence-corrected chi connectivity index (χ2v) is 4.83.